The van der Waals surface area contributed by atoms with E-state index in [2.05, 4.69) is 13.0 Å². The lowest BCUT2D eigenvalue weighted by atomic mass is 9.75. The zero-order valence-electron chi connectivity index (χ0n) is 20.8. The molecule has 2 fully saturated rings. The summed E-state index contributed by atoms with van der Waals surface area (Å²) in [7, 11) is 0. The van der Waals surface area contributed by atoms with Crippen molar-refractivity contribution >= 4 is 6.08 Å². The van der Waals surface area contributed by atoms with Gasteiger partial charge in [0.25, 0.3) is 0 Å². The van der Waals surface area contributed by atoms with Crippen LogP contribution in [0.1, 0.15) is 112 Å². The number of hydrogen-bond donors (Lipinski definition) is 0. The molecule has 2 aromatic rings. The molecule has 0 bridgehead atoms. The van der Waals surface area contributed by atoms with Gasteiger partial charge in [-0.15, -0.1) is 0 Å². The molecule has 184 valence electrons. The van der Waals surface area contributed by atoms with Gasteiger partial charge in [0.1, 0.15) is 5.82 Å². The van der Waals surface area contributed by atoms with Crippen molar-refractivity contribution in [3.05, 3.63) is 76.1 Å². The molecule has 0 N–H and O–H groups in total. The molecule has 0 nitrogen and oxygen atoms in total. The second-order valence-electron chi connectivity index (χ2n) is 10.6. The van der Waals surface area contributed by atoms with E-state index in [0.29, 0.717) is 22.6 Å². The highest BCUT2D eigenvalue weighted by Gasteiger charge is 2.29. The number of allylic oxidation sites excluding steroid dienone is 1. The Kier molecular flexibility index (Phi) is 8.55. The second-order valence-corrected chi connectivity index (χ2v) is 10.6. The van der Waals surface area contributed by atoms with Crippen LogP contribution in [0.4, 0.5) is 13.2 Å². The van der Waals surface area contributed by atoms with Gasteiger partial charge in [-0.2, -0.15) is 0 Å². The third-order valence-electron chi connectivity index (χ3n) is 8.36. The third kappa shape index (κ3) is 5.78. The first kappa shape index (κ1) is 25.1. The zero-order valence-corrected chi connectivity index (χ0v) is 20.8. The molecule has 0 radical (unpaired) electrons. The first-order valence-corrected chi connectivity index (χ1v) is 13.4. The summed E-state index contributed by atoms with van der Waals surface area (Å²) in [5.74, 6) is -0.0780. The molecular weight excluding hydrogens is 429 g/mol. The normalized spacial score (nSPS) is 25.7. The number of hydrogen-bond acceptors (Lipinski definition) is 0. The van der Waals surface area contributed by atoms with Gasteiger partial charge in [0.2, 0.25) is 0 Å². The van der Waals surface area contributed by atoms with Gasteiger partial charge in [0.15, 0.2) is 11.6 Å². The Labute approximate surface area is 203 Å². The van der Waals surface area contributed by atoms with Gasteiger partial charge >= 0.3 is 0 Å². The molecule has 0 atom stereocenters. The minimum Gasteiger partial charge on any atom is -0.206 e. The van der Waals surface area contributed by atoms with E-state index < -0.39 is 11.6 Å². The smallest absolute Gasteiger partial charge is 0.162 e. The predicted octanol–water partition coefficient (Wildman–Crippen LogP) is 9.73. The summed E-state index contributed by atoms with van der Waals surface area (Å²) in [6.07, 6.45) is 15.0. The van der Waals surface area contributed by atoms with Crippen molar-refractivity contribution in [3.8, 4) is 0 Å². The van der Waals surface area contributed by atoms with Crippen molar-refractivity contribution in [1.29, 1.82) is 0 Å². The van der Waals surface area contributed by atoms with E-state index in [1.54, 1.807) is 6.07 Å². The minimum atomic E-state index is -0.620. The summed E-state index contributed by atoms with van der Waals surface area (Å²) >= 11 is 0. The molecule has 0 aromatic heterocycles. The maximum Gasteiger partial charge on any atom is 0.162 e. The standard InChI is InChI=1S/C31H39F3/c1-3-5-22-7-12-24(13-8-22)27-18-19-28(31(34)30(27)33)25-14-9-23(10-15-25)11-17-26-16-6-21(4-2)20-29(26)32/h6,11,16-20,22-25H,3-5,7-10,12-15H2,1-2H3/b17-11+. The fraction of sp³-hybridized carbons (Fsp3) is 0.548. The number of benzene rings is 2. The van der Waals surface area contributed by atoms with Crippen LogP contribution >= 0.6 is 0 Å². The van der Waals surface area contributed by atoms with Crippen LogP contribution in [-0.2, 0) is 6.42 Å². The molecule has 34 heavy (non-hydrogen) atoms. The first-order valence-electron chi connectivity index (χ1n) is 13.4. The topological polar surface area (TPSA) is 0 Å². The van der Waals surface area contributed by atoms with Crippen LogP contribution in [-0.4, -0.2) is 0 Å². The second kappa shape index (κ2) is 11.6. The lowest BCUT2D eigenvalue weighted by molar-refractivity contribution is 0.302. The first-order chi connectivity index (χ1) is 16.5. The van der Waals surface area contributed by atoms with Gasteiger partial charge < -0.3 is 0 Å². The summed E-state index contributed by atoms with van der Waals surface area (Å²) in [5.41, 5.74) is 2.75. The maximum atomic E-state index is 15.1. The molecule has 0 unspecified atom stereocenters. The Balaban J connectivity index is 1.36. The highest BCUT2D eigenvalue weighted by molar-refractivity contribution is 5.51. The van der Waals surface area contributed by atoms with Crippen LogP contribution in [0, 0.1) is 29.3 Å². The zero-order chi connectivity index (χ0) is 24.1. The average Bonchev–Trinajstić information content (AvgIpc) is 2.86. The van der Waals surface area contributed by atoms with E-state index in [1.807, 2.05) is 37.3 Å². The Bertz CT molecular complexity index is 976. The molecule has 2 aliphatic carbocycles. The van der Waals surface area contributed by atoms with Crippen molar-refractivity contribution in [2.75, 3.05) is 0 Å². The van der Waals surface area contributed by atoms with E-state index in [0.717, 1.165) is 69.3 Å². The SMILES string of the molecule is CCCC1CCC(c2ccc(C3CCC(/C=C/c4ccc(CC)cc4F)CC3)c(F)c2F)CC1. The van der Waals surface area contributed by atoms with Crippen molar-refractivity contribution in [3.63, 3.8) is 0 Å². The summed E-state index contributed by atoms with van der Waals surface area (Å²) in [6.45, 7) is 4.23. The maximum absolute atomic E-state index is 15.1. The van der Waals surface area contributed by atoms with Crippen molar-refractivity contribution in [2.24, 2.45) is 11.8 Å². The molecule has 0 spiro atoms. The van der Waals surface area contributed by atoms with E-state index in [-0.39, 0.29) is 17.7 Å². The number of aryl methyl sites for hydroxylation is 1. The molecule has 2 saturated carbocycles. The Morgan fingerprint density at radius 2 is 1.35 bits per heavy atom. The van der Waals surface area contributed by atoms with Crippen LogP contribution in [0.5, 0.6) is 0 Å². The van der Waals surface area contributed by atoms with Crippen molar-refractivity contribution in [1.82, 2.24) is 0 Å². The molecular formula is C31H39F3. The Morgan fingerprint density at radius 3 is 1.88 bits per heavy atom. The van der Waals surface area contributed by atoms with Gasteiger partial charge in [0.05, 0.1) is 0 Å². The van der Waals surface area contributed by atoms with Crippen LogP contribution in [0.2, 0.25) is 0 Å². The van der Waals surface area contributed by atoms with Crippen LogP contribution in [0.3, 0.4) is 0 Å². The monoisotopic (exact) mass is 468 g/mol. The fourth-order valence-corrected chi connectivity index (χ4v) is 6.17. The minimum absolute atomic E-state index is 0.0639. The summed E-state index contributed by atoms with van der Waals surface area (Å²) in [4.78, 5) is 0. The predicted molar refractivity (Wildman–Crippen MR) is 135 cm³/mol. The lowest BCUT2D eigenvalue weighted by Gasteiger charge is -2.30. The fourth-order valence-electron chi connectivity index (χ4n) is 6.17. The van der Waals surface area contributed by atoms with Gasteiger partial charge in [-0.1, -0.05) is 63.1 Å². The van der Waals surface area contributed by atoms with Gasteiger partial charge in [-0.05, 0) is 104 Å². The molecule has 0 saturated heterocycles. The Hall–Kier alpha value is -2.03. The summed E-state index contributed by atoms with van der Waals surface area (Å²) < 4.78 is 44.5. The Morgan fingerprint density at radius 1 is 0.765 bits per heavy atom. The molecule has 0 heterocycles. The van der Waals surface area contributed by atoms with Crippen molar-refractivity contribution in [2.45, 2.75) is 96.3 Å². The third-order valence-corrected chi connectivity index (χ3v) is 8.36. The average molecular weight is 469 g/mol. The largest absolute Gasteiger partial charge is 0.206 e. The van der Waals surface area contributed by atoms with E-state index in [9.17, 15) is 4.39 Å². The highest BCUT2D eigenvalue weighted by Crippen LogP contribution is 2.42. The summed E-state index contributed by atoms with van der Waals surface area (Å²) in [5, 5.41) is 0. The molecule has 2 aliphatic rings. The quantitative estimate of drug-likeness (QED) is 0.379. The number of halogens is 3. The van der Waals surface area contributed by atoms with E-state index in [1.165, 1.54) is 12.8 Å². The van der Waals surface area contributed by atoms with E-state index in [4.69, 9.17) is 0 Å². The van der Waals surface area contributed by atoms with Gasteiger partial charge in [-0.25, -0.2) is 13.2 Å². The van der Waals surface area contributed by atoms with Crippen LogP contribution in [0.25, 0.3) is 6.08 Å². The molecule has 3 heteroatoms. The van der Waals surface area contributed by atoms with E-state index >= 15 is 8.78 Å². The molecule has 2 aromatic carbocycles. The molecule has 4 rings (SSSR count). The highest BCUT2D eigenvalue weighted by atomic mass is 19.2. The molecule has 0 amide bonds. The number of rotatable bonds is 7. The lowest BCUT2D eigenvalue weighted by Crippen LogP contribution is -2.17. The molecule has 0 aliphatic heterocycles. The van der Waals surface area contributed by atoms with Crippen LogP contribution in [0.15, 0.2) is 36.4 Å². The summed E-state index contributed by atoms with van der Waals surface area (Å²) in [6, 6.07) is 9.14. The van der Waals surface area contributed by atoms with Gasteiger partial charge in [-0.3, -0.25) is 0 Å². The van der Waals surface area contributed by atoms with Crippen molar-refractivity contribution < 1.29 is 13.2 Å². The van der Waals surface area contributed by atoms with Crippen LogP contribution < -0.4 is 0 Å². The van der Waals surface area contributed by atoms with Gasteiger partial charge in [0, 0.05) is 5.56 Å².